The van der Waals surface area contributed by atoms with E-state index in [2.05, 4.69) is 0 Å². The van der Waals surface area contributed by atoms with Gasteiger partial charge in [-0.05, 0) is 42.5 Å². The van der Waals surface area contributed by atoms with Gasteiger partial charge in [0.05, 0.1) is 26.4 Å². The molecule has 29 heavy (non-hydrogen) atoms. The molecule has 156 valence electrons. The van der Waals surface area contributed by atoms with Crippen LogP contribution in [0, 0.1) is 0 Å². The van der Waals surface area contributed by atoms with Gasteiger partial charge in [-0.25, -0.2) is 8.42 Å². The second-order valence-corrected chi connectivity index (χ2v) is 9.94. The van der Waals surface area contributed by atoms with E-state index in [1.54, 1.807) is 23.5 Å². The van der Waals surface area contributed by atoms with Crippen molar-refractivity contribution in [2.24, 2.45) is 0 Å². The van der Waals surface area contributed by atoms with Gasteiger partial charge in [0.15, 0.2) is 0 Å². The molecule has 0 bridgehead atoms. The van der Waals surface area contributed by atoms with Crippen molar-refractivity contribution in [1.82, 2.24) is 9.21 Å². The van der Waals surface area contributed by atoms with Gasteiger partial charge in [-0.1, -0.05) is 6.07 Å². The van der Waals surface area contributed by atoms with Gasteiger partial charge in [-0.3, -0.25) is 4.79 Å². The molecule has 1 aromatic heterocycles. The standard InChI is InChI=1S/C20H24N2O5S2/c1-26-17-7-6-15(14-19(17)29(24,25)21-9-11-27-12-10-21)20(23)22-8-2-4-16(22)18-5-3-13-28-18/h3,5-7,13-14,16H,2,4,8-12H2,1H3. The molecule has 2 saturated heterocycles. The number of thiophene rings is 1. The zero-order valence-electron chi connectivity index (χ0n) is 16.2. The summed E-state index contributed by atoms with van der Waals surface area (Å²) in [5.41, 5.74) is 0.362. The van der Waals surface area contributed by atoms with E-state index < -0.39 is 10.0 Å². The number of carbonyl (C=O) groups excluding carboxylic acids is 1. The molecule has 2 aromatic rings. The average Bonchev–Trinajstić information content (AvgIpc) is 3.45. The highest BCUT2D eigenvalue weighted by molar-refractivity contribution is 7.89. The Kier molecular flexibility index (Phi) is 5.91. The second-order valence-electron chi connectivity index (χ2n) is 7.05. The summed E-state index contributed by atoms with van der Waals surface area (Å²) in [6, 6.07) is 8.74. The lowest BCUT2D eigenvalue weighted by molar-refractivity contribution is 0.0727. The van der Waals surface area contributed by atoms with E-state index in [0.29, 0.717) is 25.3 Å². The minimum absolute atomic E-state index is 0.0274. The van der Waals surface area contributed by atoms with Crippen LogP contribution in [-0.4, -0.2) is 63.5 Å². The molecule has 1 aromatic carbocycles. The predicted molar refractivity (Wildman–Crippen MR) is 110 cm³/mol. The Hall–Kier alpha value is -1.94. The van der Waals surface area contributed by atoms with Crippen molar-refractivity contribution in [2.75, 3.05) is 40.0 Å². The molecule has 2 aliphatic rings. The van der Waals surface area contributed by atoms with Gasteiger partial charge in [0.2, 0.25) is 10.0 Å². The predicted octanol–water partition coefficient (Wildman–Crippen LogP) is 2.75. The van der Waals surface area contributed by atoms with Crippen molar-refractivity contribution in [3.05, 3.63) is 46.2 Å². The molecule has 7 nitrogen and oxygen atoms in total. The first-order valence-electron chi connectivity index (χ1n) is 9.62. The number of likely N-dealkylation sites (tertiary alicyclic amines) is 1. The number of nitrogens with zero attached hydrogens (tertiary/aromatic N) is 2. The molecule has 0 aliphatic carbocycles. The molecule has 0 radical (unpaired) electrons. The number of hydrogen-bond donors (Lipinski definition) is 0. The lowest BCUT2D eigenvalue weighted by Crippen LogP contribution is -2.40. The second kappa shape index (κ2) is 8.43. The van der Waals surface area contributed by atoms with Crippen LogP contribution < -0.4 is 4.74 Å². The van der Waals surface area contributed by atoms with Gasteiger partial charge in [0.25, 0.3) is 5.91 Å². The number of benzene rings is 1. The summed E-state index contributed by atoms with van der Waals surface area (Å²) < 4.78 is 38.3. The van der Waals surface area contributed by atoms with Crippen LogP contribution in [0.1, 0.15) is 34.1 Å². The Labute approximate surface area is 174 Å². The number of ether oxygens (including phenoxy) is 2. The normalized spacial score (nSPS) is 20.7. The molecule has 2 fully saturated rings. The SMILES string of the molecule is COc1ccc(C(=O)N2CCCC2c2cccs2)cc1S(=O)(=O)N1CCOCC1. The number of rotatable bonds is 5. The zero-order valence-corrected chi connectivity index (χ0v) is 17.9. The molecular weight excluding hydrogens is 412 g/mol. The molecule has 0 N–H and O–H groups in total. The van der Waals surface area contributed by atoms with Crippen LogP contribution in [0.4, 0.5) is 0 Å². The lowest BCUT2D eigenvalue weighted by atomic mass is 10.1. The molecule has 2 aliphatic heterocycles. The van der Waals surface area contributed by atoms with Gasteiger partial charge < -0.3 is 14.4 Å². The average molecular weight is 437 g/mol. The van der Waals surface area contributed by atoms with Crippen LogP contribution >= 0.6 is 11.3 Å². The number of amides is 1. The van der Waals surface area contributed by atoms with Crippen LogP contribution in [0.2, 0.25) is 0 Å². The molecule has 4 rings (SSSR count). The van der Waals surface area contributed by atoms with Crippen molar-refractivity contribution in [3.8, 4) is 5.75 Å². The van der Waals surface area contributed by atoms with E-state index in [9.17, 15) is 13.2 Å². The van der Waals surface area contributed by atoms with E-state index in [0.717, 1.165) is 17.7 Å². The fraction of sp³-hybridized carbons (Fsp3) is 0.450. The summed E-state index contributed by atoms with van der Waals surface area (Å²) in [5.74, 6) is 0.0891. The van der Waals surface area contributed by atoms with E-state index in [1.807, 2.05) is 22.4 Å². The molecule has 1 amide bonds. The Balaban J connectivity index is 1.66. The van der Waals surface area contributed by atoms with Gasteiger partial charge in [0.1, 0.15) is 10.6 Å². The topological polar surface area (TPSA) is 76.2 Å². The summed E-state index contributed by atoms with van der Waals surface area (Å²) in [5, 5.41) is 2.01. The van der Waals surface area contributed by atoms with Crippen LogP contribution in [0.5, 0.6) is 5.75 Å². The van der Waals surface area contributed by atoms with E-state index in [1.165, 1.54) is 17.5 Å². The Morgan fingerprint density at radius 1 is 1.21 bits per heavy atom. The van der Waals surface area contributed by atoms with E-state index >= 15 is 0 Å². The first kappa shape index (κ1) is 20.3. The van der Waals surface area contributed by atoms with Gasteiger partial charge >= 0.3 is 0 Å². The molecule has 1 unspecified atom stereocenters. The third-order valence-corrected chi connectivity index (χ3v) is 8.28. The number of morpholine rings is 1. The minimum atomic E-state index is -3.78. The molecular formula is C20H24N2O5S2. The van der Waals surface area contributed by atoms with Crippen LogP contribution in [-0.2, 0) is 14.8 Å². The maximum atomic E-state index is 13.3. The number of hydrogen-bond acceptors (Lipinski definition) is 6. The minimum Gasteiger partial charge on any atom is -0.495 e. The fourth-order valence-corrected chi connectivity index (χ4v) is 6.35. The quantitative estimate of drug-likeness (QED) is 0.720. The third-order valence-electron chi connectivity index (χ3n) is 5.38. The number of methoxy groups -OCH3 is 1. The number of sulfonamides is 1. The summed E-state index contributed by atoms with van der Waals surface area (Å²) in [4.78, 5) is 16.3. The van der Waals surface area contributed by atoms with Crippen LogP contribution in [0.25, 0.3) is 0 Å². The molecule has 3 heterocycles. The van der Waals surface area contributed by atoms with Crippen molar-refractivity contribution < 1.29 is 22.7 Å². The van der Waals surface area contributed by atoms with Crippen LogP contribution in [0.15, 0.2) is 40.6 Å². The van der Waals surface area contributed by atoms with Crippen molar-refractivity contribution >= 4 is 27.3 Å². The lowest BCUT2D eigenvalue weighted by Gasteiger charge is -2.27. The fourth-order valence-electron chi connectivity index (χ4n) is 3.89. The zero-order chi connectivity index (χ0) is 20.4. The smallest absolute Gasteiger partial charge is 0.254 e. The molecule has 0 saturated carbocycles. The summed E-state index contributed by atoms with van der Waals surface area (Å²) in [6.45, 7) is 1.96. The first-order valence-corrected chi connectivity index (χ1v) is 11.9. The molecule has 9 heteroatoms. The molecule has 0 spiro atoms. The Bertz CT molecular complexity index is 969. The van der Waals surface area contributed by atoms with E-state index in [4.69, 9.17) is 9.47 Å². The Morgan fingerprint density at radius 2 is 2.00 bits per heavy atom. The van der Waals surface area contributed by atoms with Crippen molar-refractivity contribution in [3.63, 3.8) is 0 Å². The van der Waals surface area contributed by atoms with Crippen LogP contribution in [0.3, 0.4) is 0 Å². The van der Waals surface area contributed by atoms with Crippen molar-refractivity contribution in [1.29, 1.82) is 0 Å². The monoisotopic (exact) mass is 436 g/mol. The highest BCUT2D eigenvalue weighted by Crippen LogP contribution is 2.36. The third kappa shape index (κ3) is 3.92. The van der Waals surface area contributed by atoms with Crippen molar-refractivity contribution in [2.45, 2.75) is 23.8 Å². The highest BCUT2D eigenvalue weighted by Gasteiger charge is 2.34. The van der Waals surface area contributed by atoms with Gasteiger partial charge in [-0.15, -0.1) is 11.3 Å². The number of carbonyl (C=O) groups is 1. The van der Waals surface area contributed by atoms with Gasteiger partial charge in [0, 0.05) is 30.1 Å². The highest BCUT2D eigenvalue weighted by atomic mass is 32.2. The maximum absolute atomic E-state index is 13.3. The van der Waals surface area contributed by atoms with E-state index in [-0.39, 0.29) is 35.7 Å². The molecule has 1 atom stereocenters. The summed E-state index contributed by atoms with van der Waals surface area (Å²) in [7, 11) is -2.35. The largest absolute Gasteiger partial charge is 0.495 e. The maximum Gasteiger partial charge on any atom is 0.254 e. The summed E-state index contributed by atoms with van der Waals surface area (Å²) in [6.07, 6.45) is 1.85. The summed E-state index contributed by atoms with van der Waals surface area (Å²) >= 11 is 1.64. The first-order chi connectivity index (χ1) is 14.0. The van der Waals surface area contributed by atoms with Gasteiger partial charge in [-0.2, -0.15) is 4.31 Å². The Morgan fingerprint density at radius 3 is 2.69 bits per heavy atom.